The van der Waals surface area contributed by atoms with Gasteiger partial charge in [0.1, 0.15) is 5.75 Å². The van der Waals surface area contributed by atoms with E-state index < -0.39 is 0 Å². The number of H-pyrrole nitrogens is 1. The van der Waals surface area contributed by atoms with E-state index >= 15 is 0 Å². The number of aromatic nitrogens is 2. The van der Waals surface area contributed by atoms with Crippen molar-refractivity contribution in [1.29, 1.82) is 0 Å². The standard InChI is InChI=1S/C11H9BrN2O2/c12-10-6-8(13-14-11(10)16)5-7-1-3-9(15)4-2-7/h1-4,6,15H,5H2,(H,14,16). The summed E-state index contributed by atoms with van der Waals surface area (Å²) in [4.78, 5) is 11.1. The summed E-state index contributed by atoms with van der Waals surface area (Å²) < 4.78 is 0.469. The molecular weight excluding hydrogens is 272 g/mol. The van der Waals surface area contributed by atoms with Crippen LogP contribution in [0.15, 0.2) is 39.6 Å². The Kier molecular flexibility index (Phi) is 3.05. The second-order valence-electron chi connectivity index (χ2n) is 3.38. The normalized spacial score (nSPS) is 10.3. The van der Waals surface area contributed by atoms with E-state index in [-0.39, 0.29) is 11.3 Å². The molecule has 82 valence electrons. The zero-order chi connectivity index (χ0) is 11.5. The summed E-state index contributed by atoms with van der Waals surface area (Å²) in [7, 11) is 0. The van der Waals surface area contributed by atoms with E-state index in [0.717, 1.165) is 11.3 Å². The van der Waals surface area contributed by atoms with Crippen molar-refractivity contribution < 1.29 is 5.11 Å². The third-order valence-corrected chi connectivity index (χ3v) is 2.72. The summed E-state index contributed by atoms with van der Waals surface area (Å²) in [5, 5.41) is 15.5. The molecule has 0 atom stereocenters. The molecule has 0 saturated carbocycles. The Bertz CT molecular complexity index is 549. The number of aromatic amines is 1. The number of phenolic OH excluding ortho intramolecular Hbond substituents is 1. The fourth-order valence-corrected chi connectivity index (χ4v) is 1.69. The van der Waals surface area contributed by atoms with Crippen LogP contribution in [0, 0.1) is 0 Å². The molecule has 16 heavy (non-hydrogen) atoms. The molecule has 0 unspecified atom stereocenters. The van der Waals surface area contributed by atoms with Crippen LogP contribution >= 0.6 is 15.9 Å². The molecule has 4 nitrogen and oxygen atoms in total. The van der Waals surface area contributed by atoms with Gasteiger partial charge in [0.15, 0.2) is 0 Å². The number of aromatic hydroxyl groups is 1. The Morgan fingerprint density at radius 2 is 2.00 bits per heavy atom. The number of rotatable bonds is 2. The molecule has 0 bridgehead atoms. The number of nitrogens with one attached hydrogen (secondary N) is 1. The maximum atomic E-state index is 11.1. The lowest BCUT2D eigenvalue weighted by Gasteiger charge is -2.01. The van der Waals surface area contributed by atoms with Crippen molar-refractivity contribution in [2.45, 2.75) is 6.42 Å². The summed E-state index contributed by atoms with van der Waals surface area (Å²) in [6.45, 7) is 0. The highest BCUT2D eigenvalue weighted by molar-refractivity contribution is 9.10. The molecule has 0 aliphatic heterocycles. The predicted molar refractivity (Wildman–Crippen MR) is 63.5 cm³/mol. The lowest BCUT2D eigenvalue weighted by atomic mass is 10.1. The lowest BCUT2D eigenvalue weighted by molar-refractivity contribution is 0.475. The number of nitrogens with zero attached hydrogens (tertiary/aromatic N) is 1. The van der Waals surface area contributed by atoms with Crippen molar-refractivity contribution in [2.24, 2.45) is 0 Å². The van der Waals surface area contributed by atoms with E-state index in [1.165, 1.54) is 0 Å². The third-order valence-electron chi connectivity index (χ3n) is 2.13. The van der Waals surface area contributed by atoms with E-state index in [0.29, 0.717) is 10.9 Å². The minimum Gasteiger partial charge on any atom is -0.508 e. The first-order valence-corrected chi connectivity index (χ1v) is 5.46. The first kappa shape index (κ1) is 10.9. The number of phenols is 1. The molecule has 2 N–H and O–H groups in total. The van der Waals surface area contributed by atoms with Gasteiger partial charge in [0.05, 0.1) is 10.2 Å². The lowest BCUT2D eigenvalue weighted by Crippen LogP contribution is -2.10. The molecule has 1 heterocycles. The van der Waals surface area contributed by atoms with Crippen molar-refractivity contribution in [3.63, 3.8) is 0 Å². The minimum absolute atomic E-state index is 0.236. The first-order chi connectivity index (χ1) is 7.65. The molecule has 0 spiro atoms. The van der Waals surface area contributed by atoms with Crippen LogP contribution in [0.3, 0.4) is 0 Å². The minimum atomic E-state index is -0.241. The maximum Gasteiger partial charge on any atom is 0.278 e. The molecule has 2 aromatic rings. The average Bonchev–Trinajstić information content (AvgIpc) is 2.27. The van der Waals surface area contributed by atoms with Gasteiger partial charge in [0.25, 0.3) is 5.56 Å². The average molecular weight is 281 g/mol. The molecule has 0 fully saturated rings. The van der Waals surface area contributed by atoms with E-state index in [1.807, 2.05) is 12.1 Å². The Labute approximate surface area is 100 Å². The van der Waals surface area contributed by atoms with Crippen LogP contribution in [0.5, 0.6) is 5.75 Å². The number of hydrogen-bond acceptors (Lipinski definition) is 3. The van der Waals surface area contributed by atoms with Gasteiger partial charge in [-0.05, 0) is 39.7 Å². The highest BCUT2D eigenvalue weighted by atomic mass is 79.9. The van der Waals surface area contributed by atoms with Crippen LogP contribution in [0.1, 0.15) is 11.3 Å². The number of hydrogen-bond donors (Lipinski definition) is 2. The fraction of sp³-hybridized carbons (Fsp3) is 0.0909. The smallest absolute Gasteiger partial charge is 0.278 e. The summed E-state index contributed by atoms with van der Waals surface area (Å²) >= 11 is 3.15. The monoisotopic (exact) mass is 280 g/mol. The van der Waals surface area contributed by atoms with Gasteiger partial charge in [-0.25, -0.2) is 5.10 Å². The SMILES string of the molecule is O=c1[nH]nc(Cc2ccc(O)cc2)cc1Br. The Morgan fingerprint density at radius 3 is 2.62 bits per heavy atom. The van der Waals surface area contributed by atoms with Gasteiger partial charge >= 0.3 is 0 Å². The molecule has 5 heteroatoms. The molecular formula is C11H9BrN2O2. The second-order valence-corrected chi connectivity index (χ2v) is 4.23. The van der Waals surface area contributed by atoms with Gasteiger partial charge in [-0.2, -0.15) is 5.10 Å². The zero-order valence-corrected chi connectivity index (χ0v) is 9.86. The second kappa shape index (κ2) is 4.49. The molecule has 0 aliphatic rings. The quantitative estimate of drug-likeness (QED) is 0.882. The summed E-state index contributed by atoms with van der Waals surface area (Å²) in [5.41, 5.74) is 1.54. The van der Waals surface area contributed by atoms with Crippen molar-refractivity contribution in [3.8, 4) is 5.75 Å². The highest BCUT2D eigenvalue weighted by Crippen LogP contribution is 2.13. The number of benzene rings is 1. The van der Waals surface area contributed by atoms with Crippen LogP contribution in [-0.4, -0.2) is 15.3 Å². The fourth-order valence-electron chi connectivity index (χ4n) is 1.33. The maximum absolute atomic E-state index is 11.1. The molecule has 0 radical (unpaired) electrons. The molecule has 2 rings (SSSR count). The van der Waals surface area contributed by atoms with E-state index in [1.54, 1.807) is 18.2 Å². The summed E-state index contributed by atoms with van der Waals surface area (Å²) in [5.74, 6) is 0.236. The molecule has 0 amide bonds. The first-order valence-electron chi connectivity index (χ1n) is 4.67. The molecule has 0 aliphatic carbocycles. The van der Waals surface area contributed by atoms with Gasteiger partial charge in [-0.1, -0.05) is 12.1 Å². The van der Waals surface area contributed by atoms with Crippen molar-refractivity contribution >= 4 is 15.9 Å². The van der Waals surface area contributed by atoms with Gasteiger partial charge in [-0.15, -0.1) is 0 Å². The Balaban J connectivity index is 2.23. The third kappa shape index (κ3) is 2.49. The van der Waals surface area contributed by atoms with Crippen molar-refractivity contribution in [1.82, 2.24) is 10.2 Å². The van der Waals surface area contributed by atoms with Crippen LogP contribution in [-0.2, 0) is 6.42 Å². The molecule has 1 aromatic carbocycles. The predicted octanol–water partition coefficient (Wildman–Crippen LogP) is 1.83. The van der Waals surface area contributed by atoms with Crippen molar-refractivity contribution in [2.75, 3.05) is 0 Å². The molecule has 1 aromatic heterocycles. The van der Waals surface area contributed by atoms with Crippen LogP contribution in [0.2, 0.25) is 0 Å². The van der Waals surface area contributed by atoms with E-state index in [2.05, 4.69) is 26.1 Å². The van der Waals surface area contributed by atoms with Gasteiger partial charge in [-0.3, -0.25) is 4.79 Å². The summed E-state index contributed by atoms with van der Waals surface area (Å²) in [6.07, 6.45) is 0.607. The largest absolute Gasteiger partial charge is 0.508 e. The Hall–Kier alpha value is -1.62. The summed E-state index contributed by atoms with van der Waals surface area (Å²) in [6, 6.07) is 8.56. The molecule has 0 saturated heterocycles. The van der Waals surface area contributed by atoms with Gasteiger partial charge in [0, 0.05) is 6.42 Å². The van der Waals surface area contributed by atoms with Crippen LogP contribution in [0.25, 0.3) is 0 Å². The Morgan fingerprint density at radius 1 is 1.31 bits per heavy atom. The van der Waals surface area contributed by atoms with Crippen molar-refractivity contribution in [3.05, 3.63) is 56.4 Å². The van der Waals surface area contributed by atoms with Gasteiger partial charge in [0.2, 0.25) is 0 Å². The van der Waals surface area contributed by atoms with Gasteiger partial charge < -0.3 is 5.11 Å². The van der Waals surface area contributed by atoms with Crippen LogP contribution < -0.4 is 5.56 Å². The number of halogens is 1. The van der Waals surface area contributed by atoms with Crippen LogP contribution in [0.4, 0.5) is 0 Å². The van der Waals surface area contributed by atoms with E-state index in [9.17, 15) is 4.79 Å². The zero-order valence-electron chi connectivity index (χ0n) is 8.27. The highest BCUT2D eigenvalue weighted by Gasteiger charge is 2.01. The van der Waals surface area contributed by atoms with E-state index in [4.69, 9.17) is 5.11 Å². The topological polar surface area (TPSA) is 66.0 Å².